The Hall–Kier alpha value is -1.25. The molecular weight excluding hydrogens is 239 g/mol. The molecule has 1 heterocycles. The van der Waals surface area contributed by atoms with E-state index in [0.29, 0.717) is 11.5 Å². The minimum Gasteiger partial charge on any atom is -0.382 e. The van der Waals surface area contributed by atoms with E-state index < -0.39 is 0 Å². The first-order valence-electron chi connectivity index (χ1n) is 7.39. The number of benzene rings is 1. The Kier molecular flexibility index (Phi) is 3.15. The summed E-state index contributed by atoms with van der Waals surface area (Å²) in [5, 5.41) is 3.44. The van der Waals surface area contributed by atoms with Crippen molar-refractivity contribution in [3.05, 3.63) is 24.0 Å². The summed E-state index contributed by atoms with van der Waals surface area (Å²) in [5.74, 6) is -0.0972. The second-order valence-electron chi connectivity index (χ2n) is 6.38. The summed E-state index contributed by atoms with van der Waals surface area (Å²) in [6.07, 6.45) is 4.90. The molecule has 19 heavy (non-hydrogen) atoms. The van der Waals surface area contributed by atoms with Crippen LogP contribution in [-0.4, -0.2) is 19.1 Å². The number of halogens is 1. The number of anilines is 2. The van der Waals surface area contributed by atoms with Gasteiger partial charge in [-0.2, -0.15) is 0 Å². The Morgan fingerprint density at radius 3 is 2.53 bits per heavy atom. The van der Waals surface area contributed by atoms with Crippen molar-refractivity contribution in [2.45, 2.75) is 45.6 Å². The van der Waals surface area contributed by atoms with Gasteiger partial charge in [0.2, 0.25) is 0 Å². The van der Waals surface area contributed by atoms with Crippen molar-refractivity contribution in [3.8, 4) is 0 Å². The Bertz CT molecular complexity index is 462. The summed E-state index contributed by atoms with van der Waals surface area (Å²) in [4.78, 5) is 2.14. The van der Waals surface area contributed by atoms with Gasteiger partial charge in [-0.3, -0.25) is 0 Å². The molecule has 2 nitrogen and oxygen atoms in total. The van der Waals surface area contributed by atoms with Crippen LogP contribution < -0.4 is 10.2 Å². The molecule has 1 aliphatic heterocycles. The Balaban J connectivity index is 1.71. The van der Waals surface area contributed by atoms with E-state index in [1.165, 1.54) is 25.7 Å². The van der Waals surface area contributed by atoms with Crippen LogP contribution in [0.15, 0.2) is 18.2 Å². The lowest BCUT2D eigenvalue weighted by Crippen LogP contribution is -2.25. The highest BCUT2D eigenvalue weighted by Crippen LogP contribution is 2.48. The van der Waals surface area contributed by atoms with Gasteiger partial charge in [-0.25, -0.2) is 4.39 Å². The van der Waals surface area contributed by atoms with Crippen molar-refractivity contribution >= 4 is 11.4 Å². The highest BCUT2D eigenvalue weighted by molar-refractivity contribution is 5.57. The summed E-state index contributed by atoms with van der Waals surface area (Å²) in [5.41, 5.74) is 2.07. The second-order valence-corrected chi connectivity index (χ2v) is 6.38. The van der Waals surface area contributed by atoms with Gasteiger partial charge in [0.25, 0.3) is 0 Å². The zero-order valence-electron chi connectivity index (χ0n) is 11.9. The molecule has 0 bridgehead atoms. The SMILES string of the molecule is CC(Nc1ccc(N2CCCC2)c(F)c1)C1(C)CC1. The molecule has 3 heteroatoms. The number of nitrogens with zero attached hydrogens (tertiary/aromatic N) is 1. The highest BCUT2D eigenvalue weighted by atomic mass is 19.1. The van der Waals surface area contributed by atoms with Crippen molar-refractivity contribution in [2.24, 2.45) is 5.41 Å². The molecule has 1 aromatic carbocycles. The van der Waals surface area contributed by atoms with Crippen LogP contribution in [0.2, 0.25) is 0 Å². The van der Waals surface area contributed by atoms with Crippen molar-refractivity contribution in [2.75, 3.05) is 23.3 Å². The molecule has 0 amide bonds. The average Bonchev–Trinajstić information content (AvgIpc) is 2.92. The fourth-order valence-corrected chi connectivity index (χ4v) is 2.87. The van der Waals surface area contributed by atoms with Gasteiger partial charge in [-0.15, -0.1) is 0 Å². The third-order valence-electron chi connectivity index (χ3n) is 4.86. The molecule has 1 atom stereocenters. The molecule has 2 aliphatic rings. The Morgan fingerprint density at radius 1 is 1.26 bits per heavy atom. The number of hydrogen-bond acceptors (Lipinski definition) is 2. The zero-order chi connectivity index (χ0) is 13.5. The van der Waals surface area contributed by atoms with E-state index in [9.17, 15) is 4.39 Å². The van der Waals surface area contributed by atoms with Crippen LogP contribution in [0.25, 0.3) is 0 Å². The molecule has 104 valence electrons. The van der Waals surface area contributed by atoms with Crippen LogP contribution in [0.3, 0.4) is 0 Å². The monoisotopic (exact) mass is 262 g/mol. The lowest BCUT2D eigenvalue weighted by molar-refractivity contribution is 0.493. The fourth-order valence-electron chi connectivity index (χ4n) is 2.87. The van der Waals surface area contributed by atoms with Crippen LogP contribution in [0.4, 0.5) is 15.8 Å². The molecule has 3 rings (SSSR count). The molecule has 0 aromatic heterocycles. The molecule has 1 N–H and O–H groups in total. The van der Waals surface area contributed by atoms with Gasteiger partial charge in [0.05, 0.1) is 5.69 Å². The standard InChI is InChI=1S/C16H23FN2/c1-12(16(2)7-8-16)18-13-5-6-15(14(17)11-13)19-9-3-4-10-19/h5-6,11-12,18H,3-4,7-10H2,1-2H3. The van der Waals surface area contributed by atoms with E-state index in [4.69, 9.17) is 0 Å². The minimum absolute atomic E-state index is 0.0972. The fraction of sp³-hybridized carbons (Fsp3) is 0.625. The Labute approximate surface area is 115 Å². The molecular formula is C16H23FN2. The van der Waals surface area contributed by atoms with Crippen LogP contribution >= 0.6 is 0 Å². The van der Waals surface area contributed by atoms with Crippen LogP contribution in [0.1, 0.15) is 39.5 Å². The van der Waals surface area contributed by atoms with Crippen molar-refractivity contribution < 1.29 is 4.39 Å². The first-order valence-corrected chi connectivity index (χ1v) is 7.39. The topological polar surface area (TPSA) is 15.3 Å². The molecule has 1 aromatic rings. The first kappa shape index (κ1) is 12.8. The van der Waals surface area contributed by atoms with E-state index >= 15 is 0 Å². The minimum atomic E-state index is -0.0972. The Morgan fingerprint density at radius 2 is 1.95 bits per heavy atom. The summed E-state index contributed by atoms with van der Waals surface area (Å²) < 4.78 is 14.2. The molecule has 1 unspecified atom stereocenters. The quantitative estimate of drug-likeness (QED) is 0.881. The van der Waals surface area contributed by atoms with Gasteiger partial charge in [0.15, 0.2) is 0 Å². The number of nitrogens with one attached hydrogen (secondary N) is 1. The summed E-state index contributed by atoms with van der Waals surface area (Å²) in [6.45, 7) is 6.45. The normalized spacial score (nSPS) is 22.4. The largest absolute Gasteiger partial charge is 0.382 e. The van der Waals surface area contributed by atoms with Crippen LogP contribution in [-0.2, 0) is 0 Å². The van der Waals surface area contributed by atoms with E-state index in [1.54, 1.807) is 6.07 Å². The summed E-state index contributed by atoms with van der Waals surface area (Å²) in [7, 11) is 0. The number of rotatable bonds is 4. The predicted octanol–water partition coefficient (Wildman–Crippen LogP) is 4.03. The van der Waals surface area contributed by atoms with Gasteiger partial charge in [0, 0.05) is 24.8 Å². The van der Waals surface area contributed by atoms with Gasteiger partial charge >= 0.3 is 0 Å². The van der Waals surface area contributed by atoms with Gasteiger partial charge in [-0.05, 0) is 56.2 Å². The smallest absolute Gasteiger partial charge is 0.148 e. The van der Waals surface area contributed by atoms with E-state index in [2.05, 4.69) is 24.1 Å². The lowest BCUT2D eigenvalue weighted by atomic mass is 10.0. The maximum atomic E-state index is 14.2. The lowest BCUT2D eigenvalue weighted by Gasteiger charge is -2.23. The maximum absolute atomic E-state index is 14.2. The first-order chi connectivity index (χ1) is 9.08. The molecule has 1 saturated heterocycles. The van der Waals surface area contributed by atoms with Crippen LogP contribution in [0.5, 0.6) is 0 Å². The highest BCUT2D eigenvalue weighted by Gasteiger charge is 2.42. The van der Waals surface area contributed by atoms with Gasteiger partial charge < -0.3 is 10.2 Å². The third kappa shape index (κ3) is 2.56. The predicted molar refractivity (Wildman–Crippen MR) is 78.3 cm³/mol. The van der Waals surface area contributed by atoms with E-state index in [-0.39, 0.29) is 5.82 Å². The third-order valence-corrected chi connectivity index (χ3v) is 4.86. The molecule has 0 radical (unpaired) electrons. The van der Waals surface area contributed by atoms with Gasteiger partial charge in [-0.1, -0.05) is 6.92 Å². The second kappa shape index (κ2) is 4.69. The van der Waals surface area contributed by atoms with Crippen LogP contribution in [0, 0.1) is 11.2 Å². The summed E-state index contributed by atoms with van der Waals surface area (Å²) >= 11 is 0. The van der Waals surface area contributed by atoms with E-state index in [1.807, 2.05) is 12.1 Å². The van der Waals surface area contributed by atoms with E-state index in [0.717, 1.165) is 24.5 Å². The number of hydrogen-bond donors (Lipinski definition) is 1. The zero-order valence-corrected chi connectivity index (χ0v) is 11.9. The average molecular weight is 262 g/mol. The van der Waals surface area contributed by atoms with Gasteiger partial charge in [0.1, 0.15) is 5.82 Å². The maximum Gasteiger partial charge on any atom is 0.148 e. The molecule has 2 fully saturated rings. The summed E-state index contributed by atoms with van der Waals surface area (Å²) in [6, 6.07) is 5.99. The van der Waals surface area contributed by atoms with Crippen molar-refractivity contribution in [1.29, 1.82) is 0 Å². The van der Waals surface area contributed by atoms with Crippen molar-refractivity contribution in [3.63, 3.8) is 0 Å². The van der Waals surface area contributed by atoms with Crippen molar-refractivity contribution in [1.82, 2.24) is 0 Å². The molecule has 1 aliphatic carbocycles. The molecule has 0 spiro atoms. The molecule has 1 saturated carbocycles.